The van der Waals surface area contributed by atoms with Crippen LogP contribution >= 0.6 is 11.6 Å². The van der Waals surface area contributed by atoms with Crippen molar-refractivity contribution < 1.29 is 5.11 Å². The largest absolute Gasteiger partial charge is 0.400 e. The summed E-state index contributed by atoms with van der Waals surface area (Å²) in [4.78, 5) is 2.30. The molecule has 0 atom stereocenters. The predicted octanol–water partition coefficient (Wildman–Crippen LogP) is 2.96. The average molecular weight is 242 g/mol. The topological polar surface area (TPSA) is 23.5 Å². The highest BCUT2D eigenvalue weighted by Gasteiger charge is 2.01. The predicted molar refractivity (Wildman–Crippen MR) is 70.7 cm³/mol. The van der Waals surface area contributed by atoms with Crippen LogP contribution in [-0.2, 0) is 6.54 Å². The summed E-state index contributed by atoms with van der Waals surface area (Å²) in [5.74, 6) is 0. The zero-order chi connectivity index (χ0) is 12.4. The molecule has 2 nitrogen and oxygen atoms in total. The van der Waals surface area contributed by atoms with Gasteiger partial charge in [-0.05, 0) is 24.2 Å². The Kier molecular flexibility index (Phi) is 8.91. The van der Waals surface area contributed by atoms with Crippen molar-refractivity contribution in [2.45, 2.75) is 13.5 Å². The van der Waals surface area contributed by atoms with E-state index >= 15 is 0 Å². The summed E-state index contributed by atoms with van der Waals surface area (Å²) in [6.07, 6.45) is 1.92. The van der Waals surface area contributed by atoms with Crippen molar-refractivity contribution in [1.82, 2.24) is 4.90 Å². The lowest BCUT2D eigenvalue weighted by Gasteiger charge is -2.18. The van der Waals surface area contributed by atoms with Crippen LogP contribution in [0.2, 0.25) is 5.02 Å². The van der Waals surface area contributed by atoms with Gasteiger partial charge in [-0.3, -0.25) is 4.90 Å². The molecule has 0 bridgehead atoms. The molecule has 0 heterocycles. The minimum atomic E-state index is 0.803. The van der Waals surface area contributed by atoms with Crippen LogP contribution in [0.4, 0.5) is 0 Å². The fourth-order valence-electron chi connectivity index (χ4n) is 1.38. The number of benzene rings is 1. The Balaban J connectivity index is 0.00000106. The van der Waals surface area contributed by atoms with Gasteiger partial charge in [0.05, 0.1) is 0 Å². The van der Waals surface area contributed by atoms with Gasteiger partial charge in [-0.1, -0.05) is 36.7 Å². The molecule has 1 aromatic rings. The van der Waals surface area contributed by atoms with E-state index in [0.29, 0.717) is 0 Å². The molecule has 0 aromatic heterocycles. The number of halogens is 1. The summed E-state index contributed by atoms with van der Waals surface area (Å²) in [5, 5.41) is 7.80. The Morgan fingerprint density at radius 3 is 2.62 bits per heavy atom. The van der Waals surface area contributed by atoms with Crippen molar-refractivity contribution in [3.05, 3.63) is 47.5 Å². The maximum absolute atomic E-state index is 7.00. The first-order chi connectivity index (χ1) is 7.76. The van der Waals surface area contributed by atoms with Crippen LogP contribution in [0.3, 0.4) is 0 Å². The molecule has 0 aliphatic rings. The highest BCUT2D eigenvalue weighted by molar-refractivity contribution is 6.30. The third-order valence-corrected chi connectivity index (χ3v) is 2.36. The molecule has 1 rings (SSSR count). The van der Waals surface area contributed by atoms with Gasteiger partial charge in [0.2, 0.25) is 0 Å². The lowest BCUT2D eigenvalue weighted by Crippen LogP contribution is -2.22. The molecular formula is C13H20ClNO. The fourth-order valence-corrected chi connectivity index (χ4v) is 1.59. The molecule has 0 amide bonds. The zero-order valence-electron chi connectivity index (χ0n) is 9.99. The van der Waals surface area contributed by atoms with Crippen LogP contribution in [-0.4, -0.2) is 30.2 Å². The van der Waals surface area contributed by atoms with E-state index in [2.05, 4.69) is 24.5 Å². The van der Waals surface area contributed by atoms with E-state index in [-0.39, 0.29) is 0 Å². The van der Waals surface area contributed by atoms with Gasteiger partial charge in [-0.15, -0.1) is 6.58 Å². The number of nitrogens with zero attached hydrogens (tertiary/aromatic N) is 1. The number of aliphatic hydroxyl groups is 1. The van der Waals surface area contributed by atoms with Gasteiger partial charge in [-0.2, -0.15) is 0 Å². The minimum Gasteiger partial charge on any atom is -0.400 e. The Bertz CT molecular complexity index is 302. The number of hydrogen-bond acceptors (Lipinski definition) is 2. The summed E-state index contributed by atoms with van der Waals surface area (Å²) >= 11 is 5.91. The first kappa shape index (κ1) is 15.2. The molecule has 0 radical (unpaired) electrons. The highest BCUT2D eigenvalue weighted by Crippen LogP contribution is 2.12. The second kappa shape index (κ2) is 9.40. The summed E-state index contributed by atoms with van der Waals surface area (Å²) in [6, 6.07) is 7.99. The van der Waals surface area contributed by atoms with E-state index in [1.807, 2.05) is 24.3 Å². The second-order valence-corrected chi connectivity index (χ2v) is 3.68. The Hall–Kier alpha value is -0.830. The van der Waals surface area contributed by atoms with Crippen molar-refractivity contribution in [2.75, 3.05) is 20.2 Å². The molecule has 1 aromatic carbocycles. The number of rotatable bonds is 5. The summed E-state index contributed by atoms with van der Waals surface area (Å²) in [5.41, 5.74) is 1.25. The SMILES string of the molecule is C=CCN(CC)Cc1cccc(Cl)c1.CO. The second-order valence-electron chi connectivity index (χ2n) is 3.25. The van der Waals surface area contributed by atoms with Crippen molar-refractivity contribution in [3.8, 4) is 0 Å². The normalized spacial score (nSPS) is 9.56. The van der Waals surface area contributed by atoms with Gasteiger partial charge in [0.25, 0.3) is 0 Å². The van der Waals surface area contributed by atoms with Crippen molar-refractivity contribution in [3.63, 3.8) is 0 Å². The zero-order valence-corrected chi connectivity index (χ0v) is 10.7. The Morgan fingerprint density at radius 1 is 1.44 bits per heavy atom. The average Bonchev–Trinajstić information content (AvgIpc) is 2.31. The molecule has 16 heavy (non-hydrogen) atoms. The van der Waals surface area contributed by atoms with E-state index in [0.717, 1.165) is 31.8 Å². The Labute approximate surface area is 103 Å². The number of aliphatic hydroxyl groups excluding tert-OH is 1. The van der Waals surface area contributed by atoms with Crippen LogP contribution < -0.4 is 0 Å². The molecule has 90 valence electrons. The summed E-state index contributed by atoms with van der Waals surface area (Å²) in [7, 11) is 1.00. The molecule has 0 unspecified atom stereocenters. The van der Waals surface area contributed by atoms with E-state index in [4.69, 9.17) is 16.7 Å². The smallest absolute Gasteiger partial charge is 0.0409 e. The third-order valence-electron chi connectivity index (χ3n) is 2.13. The van der Waals surface area contributed by atoms with E-state index < -0.39 is 0 Å². The molecule has 0 saturated heterocycles. The molecule has 1 N–H and O–H groups in total. The van der Waals surface area contributed by atoms with Crippen LogP contribution in [0.25, 0.3) is 0 Å². The van der Waals surface area contributed by atoms with Crippen molar-refractivity contribution in [2.24, 2.45) is 0 Å². The lowest BCUT2D eigenvalue weighted by molar-refractivity contribution is 0.311. The van der Waals surface area contributed by atoms with Gasteiger partial charge >= 0.3 is 0 Å². The standard InChI is InChI=1S/C12H16ClN.CH4O/c1-3-8-14(4-2)10-11-6-5-7-12(13)9-11;1-2/h3,5-7,9H,1,4,8,10H2,2H3;2H,1H3. The molecule has 0 saturated carbocycles. The van der Waals surface area contributed by atoms with Crippen LogP contribution in [0, 0.1) is 0 Å². The number of hydrogen-bond donors (Lipinski definition) is 1. The quantitative estimate of drug-likeness (QED) is 0.802. The van der Waals surface area contributed by atoms with Crippen LogP contribution in [0.1, 0.15) is 12.5 Å². The van der Waals surface area contributed by atoms with E-state index in [1.165, 1.54) is 5.56 Å². The molecule has 0 fully saturated rings. The third kappa shape index (κ3) is 5.91. The maximum atomic E-state index is 7.00. The van der Waals surface area contributed by atoms with Gasteiger partial charge in [0.1, 0.15) is 0 Å². The van der Waals surface area contributed by atoms with E-state index in [9.17, 15) is 0 Å². The van der Waals surface area contributed by atoms with Crippen LogP contribution in [0.15, 0.2) is 36.9 Å². The van der Waals surface area contributed by atoms with Gasteiger partial charge in [0.15, 0.2) is 0 Å². The minimum absolute atomic E-state index is 0.803. The fraction of sp³-hybridized carbons (Fsp3) is 0.385. The van der Waals surface area contributed by atoms with Crippen molar-refractivity contribution >= 4 is 11.6 Å². The van der Waals surface area contributed by atoms with Gasteiger partial charge in [-0.25, -0.2) is 0 Å². The monoisotopic (exact) mass is 241 g/mol. The van der Waals surface area contributed by atoms with Gasteiger partial charge < -0.3 is 5.11 Å². The number of likely N-dealkylation sites (N-methyl/N-ethyl adjacent to an activating group) is 1. The molecule has 0 aliphatic carbocycles. The molecule has 0 aliphatic heterocycles. The Morgan fingerprint density at radius 2 is 2.12 bits per heavy atom. The first-order valence-corrected chi connectivity index (χ1v) is 5.66. The molecule has 0 spiro atoms. The lowest BCUT2D eigenvalue weighted by atomic mass is 10.2. The first-order valence-electron chi connectivity index (χ1n) is 5.28. The summed E-state index contributed by atoms with van der Waals surface area (Å²) < 4.78 is 0. The van der Waals surface area contributed by atoms with E-state index in [1.54, 1.807) is 0 Å². The summed E-state index contributed by atoms with van der Waals surface area (Å²) in [6.45, 7) is 8.77. The molecule has 3 heteroatoms. The maximum Gasteiger partial charge on any atom is 0.0409 e. The highest BCUT2D eigenvalue weighted by atomic mass is 35.5. The van der Waals surface area contributed by atoms with Crippen LogP contribution in [0.5, 0.6) is 0 Å². The molecular weight excluding hydrogens is 222 g/mol. The van der Waals surface area contributed by atoms with Crippen molar-refractivity contribution in [1.29, 1.82) is 0 Å². The van der Waals surface area contributed by atoms with Gasteiger partial charge in [0, 0.05) is 25.2 Å².